The highest BCUT2D eigenvalue weighted by Crippen LogP contribution is 2.44. The molecule has 13 heteroatoms. The number of hydrogen-bond donors (Lipinski definition) is 6. The van der Waals surface area contributed by atoms with Crippen LogP contribution in [0.25, 0.3) is 0 Å². The van der Waals surface area contributed by atoms with E-state index in [-0.39, 0.29) is 16.0 Å². The summed E-state index contributed by atoms with van der Waals surface area (Å²) in [4.78, 5) is 26.0. The van der Waals surface area contributed by atoms with Crippen LogP contribution in [0.5, 0.6) is 0 Å². The van der Waals surface area contributed by atoms with E-state index in [1.54, 1.807) is 0 Å². The number of hydrogen-bond acceptors (Lipinski definition) is 9. The van der Waals surface area contributed by atoms with Gasteiger partial charge in [0.05, 0.1) is 11.1 Å². The Labute approximate surface area is 243 Å². The summed E-state index contributed by atoms with van der Waals surface area (Å²) < 4.78 is 20.3. The fourth-order valence-corrected chi connectivity index (χ4v) is 5.47. The number of nitrogens with zero attached hydrogens (tertiary/aromatic N) is 2. The zero-order valence-corrected chi connectivity index (χ0v) is 25.0. The van der Waals surface area contributed by atoms with E-state index in [4.69, 9.17) is 4.74 Å². The molecule has 1 aliphatic heterocycles. The van der Waals surface area contributed by atoms with Gasteiger partial charge in [0, 0.05) is 6.20 Å². The first kappa shape index (κ1) is 35.0. The molecule has 6 N–H and O–H groups in total. The van der Waals surface area contributed by atoms with Gasteiger partial charge in [0.15, 0.2) is 6.30 Å². The van der Waals surface area contributed by atoms with Crippen LogP contribution < -0.4 is 11.2 Å². The van der Waals surface area contributed by atoms with Crippen LogP contribution in [0.1, 0.15) is 110 Å². The summed E-state index contributed by atoms with van der Waals surface area (Å²) in [6, 6.07) is 0. The smallest absolute Gasteiger partial charge is 0.332 e. The third-order valence-electron chi connectivity index (χ3n) is 7.63. The first-order valence-corrected chi connectivity index (χ1v) is 15.4. The normalized spacial score (nSPS) is 25.6. The zero-order valence-electron chi connectivity index (χ0n) is 23.4. The van der Waals surface area contributed by atoms with Crippen molar-refractivity contribution in [2.24, 2.45) is 0 Å². The van der Waals surface area contributed by atoms with Crippen LogP contribution >= 0.6 is 15.9 Å². The van der Waals surface area contributed by atoms with Crippen LogP contribution in [-0.2, 0) is 10.6 Å². The number of aliphatic hydroxyl groups is 4. The summed E-state index contributed by atoms with van der Waals surface area (Å²) in [5.41, 5.74) is -5.44. The molecule has 0 bridgehead atoms. The van der Waals surface area contributed by atoms with Crippen molar-refractivity contribution in [1.82, 2.24) is 14.6 Å². The van der Waals surface area contributed by atoms with Crippen molar-refractivity contribution in [1.29, 1.82) is 0 Å². The van der Waals surface area contributed by atoms with Gasteiger partial charge in [0.25, 0.3) is 5.56 Å². The molecule has 1 fully saturated rings. The van der Waals surface area contributed by atoms with Crippen LogP contribution in [0.4, 0.5) is 4.39 Å². The number of rotatable bonds is 20. The Morgan fingerprint density at radius 2 is 1.48 bits per heavy atom. The van der Waals surface area contributed by atoms with Crippen LogP contribution in [0.2, 0.25) is 0 Å². The van der Waals surface area contributed by atoms with E-state index in [0.717, 1.165) is 25.5 Å². The summed E-state index contributed by atoms with van der Waals surface area (Å²) in [5, 5.41) is 52.8. The van der Waals surface area contributed by atoms with E-state index in [1.165, 1.54) is 64.2 Å². The molecule has 11 nitrogen and oxygen atoms in total. The maximum atomic E-state index is 15.1. The molecule has 2 rings (SSSR count). The average Bonchev–Trinajstić information content (AvgIpc) is 3.14. The second-order valence-corrected chi connectivity index (χ2v) is 11.6. The Bertz CT molecular complexity index is 997. The van der Waals surface area contributed by atoms with Crippen molar-refractivity contribution < 1.29 is 34.8 Å². The minimum Gasteiger partial charge on any atom is -0.394 e. The van der Waals surface area contributed by atoms with Gasteiger partial charge in [-0.15, -0.1) is 5.06 Å². The number of hydroxylamine groups is 2. The van der Waals surface area contributed by atoms with E-state index in [0.29, 0.717) is 17.4 Å². The number of ether oxygens (including phenoxy) is 1. The Morgan fingerprint density at radius 3 is 1.95 bits per heavy atom. The molecular formula is C27H47BrFN3O8. The third kappa shape index (κ3) is 8.66. The van der Waals surface area contributed by atoms with E-state index in [1.807, 2.05) is 4.98 Å². The number of alkyl halides is 1. The molecule has 1 aromatic rings. The lowest BCUT2D eigenvalue weighted by molar-refractivity contribution is -0.428. The van der Waals surface area contributed by atoms with Gasteiger partial charge in [-0.3, -0.25) is 9.78 Å². The van der Waals surface area contributed by atoms with Crippen LogP contribution in [0.15, 0.2) is 20.3 Å². The lowest BCUT2D eigenvalue weighted by Crippen LogP contribution is -2.69. The molecule has 232 valence electrons. The lowest BCUT2D eigenvalue weighted by Gasteiger charge is -2.43. The van der Waals surface area contributed by atoms with Crippen molar-refractivity contribution in [2.75, 3.05) is 6.61 Å². The second-order valence-electron chi connectivity index (χ2n) is 10.7. The Hall–Kier alpha value is -1.19. The standard InChI is InChI=1S/C27H47BrFN3O8/c1-2-3-4-5-6-7-8-9-10-11-12-13-14-15-16-17-22(29)32(39)26(37)23(34)21(19-33)40-27(26,38)31-18-20(28)24(35)30-25(31)36/h18,21-23,33-34,37-39H,2-17,19H2,1H3,(H,30,35,36)/t21-,22?,23-,26-,27-/m1/s1. The molecule has 0 aliphatic carbocycles. The second kappa shape index (κ2) is 17.1. The van der Waals surface area contributed by atoms with Gasteiger partial charge in [0.2, 0.25) is 5.72 Å². The zero-order chi connectivity index (χ0) is 29.8. The van der Waals surface area contributed by atoms with E-state index in [9.17, 15) is 35.2 Å². The van der Waals surface area contributed by atoms with Crippen LogP contribution in [0, 0.1) is 0 Å². The van der Waals surface area contributed by atoms with E-state index in [2.05, 4.69) is 22.9 Å². The molecule has 1 unspecified atom stereocenters. The molecule has 0 amide bonds. The number of H-pyrrole nitrogens is 1. The highest BCUT2D eigenvalue weighted by atomic mass is 79.9. The number of nitrogens with one attached hydrogen (secondary N) is 1. The maximum Gasteiger partial charge on any atom is 0.332 e. The lowest BCUT2D eigenvalue weighted by atomic mass is 9.99. The Balaban J connectivity index is 1.81. The van der Waals surface area contributed by atoms with Crippen LogP contribution in [0.3, 0.4) is 0 Å². The van der Waals surface area contributed by atoms with Crippen LogP contribution in [-0.4, -0.2) is 71.1 Å². The van der Waals surface area contributed by atoms with Crippen molar-refractivity contribution in [3.63, 3.8) is 0 Å². The minimum atomic E-state index is -3.31. The first-order valence-electron chi connectivity index (χ1n) is 14.6. The predicted molar refractivity (Wildman–Crippen MR) is 150 cm³/mol. The Kier molecular flexibility index (Phi) is 14.9. The molecular weight excluding hydrogens is 593 g/mol. The topological polar surface area (TPSA) is 168 Å². The molecule has 5 atom stereocenters. The average molecular weight is 641 g/mol. The summed E-state index contributed by atoms with van der Waals surface area (Å²) >= 11 is 2.88. The first-order chi connectivity index (χ1) is 19.0. The summed E-state index contributed by atoms with van der Waals surface area (Å²) in [7, 11) is 0. The fraction of sp³-hybridized carbons (Fsp3) is 0.852. The maximum absolute atomic E-state index is 15.1. The molecule has 2 heterocycles. The molecule has 40 heavy (non-hydrogen) atoms. The van der Waals surface area contributed by atoms with Gasteiger partial charge < -0.3 is 30.4 Å². The molecule has 1 aromatic heterocycles. The third-order valence-corrected chi connectivity index (χ3v) is 8.19. The SMILES string of the molecule is CCCCCCCCCCCCCCCCCC(F)N(O)[C@@]1(O)[C@H](O)[C@@H](CO)O[C@@]1(O)n1cc(Br)c(=O)[nH]c1=O. The number of unbranched alkanes of at least 4 members (excludes halogenated alkanes) is 14. The van der Waals surface area contributed by atoms with Gasteiger partial charge in [0.1, 0.15) is 12.2 Å². The van der Waals surface area contributed by atoms with Gasteiger partial charge in [-0.1, -0.05) is 96.8 Å². The van der Waals surface area contributed by atoms with Crippen molar-refractivity contribution in [3.05, 3.63) is 31.5 Å². The van der Waals surface area contributed by atoms with E-state index < -0.39 is 48.0 Å². The van der Waals surface area contributed by atoms with Gasteiger partial charge in [-0.25, -0.2) is 13.8 Å². The summed E-state index contributed by atoms with van der Waals surface area (Å²) in [6.45, 7) is 1.29. The van der Waals surface area contributed by atoms with Crippen molar-refractivity contribution in [2.45, 2.75) is 140 Å². The molecule has 0 spiro atoms. The molecule has 0 saturated carbocycles. The number of halogens is 2. The minimum absolute atomic E-state index is 0.242. The van der Waals surface area contributed by atoms with E-state index >= 15 is 4.39 Å². The molecule has 0 radical (unpaired) electrons. The molecule has 0 aromatic carbocycles. The summed E-state index contributed by atoms with van der Waals surface area (Å²) in [6.07, 6.45) is 11.2. The number of aliphatic hydroxyl groups excluding tert-OH is 2. The number of aromatic amines is 1. The summed E-state index contributed by atoms with van der Waals surface area (Å²) in [5.74, 6) is -3.27. The van der Waals surface area contributed by atoms with Crippen molar-refractivity contribution in [3.8, 4) is 0 Å². The van der Waals surface area contributed by atoms with Gasteiger partial charge >= 0.3 is 11.6 Å². The largest absolute Gasteiger partial charge is 0.394 e. The quantitative estimate of drug-likeness (QED) is 0.0540. The highest BCUT2D eigenvalue weighted by molar-refractivity contribution is 9.10. The monoisotopic (exact) mass is 639 g/mol. The molecule has 1 saturated heterocycles. The molecule has 1 aliphatic rings. The highest BCUT2D eigenvalue weighted by Gasteiger charge is 2.71. The van der Waals surface area contributed by atoms with Gasteiger partial charge in [-0.2, -0.15) is 0 Å². The fourth-order valence-electron chi connectivity index (χ4n) is 5.16. The predicted octanol–water partition coefficient (Wildman–Crippen LogP) is 3.59. The van der Waals surface area contributed by atoms with Gasteiger partial charge in [-0.05, 0) is 28.8 Å². The van der Waals surface area contributed by atoms with Crippen molar-refractivity contribution >= 4 is 15.9 Å². The number of aromatic nitrogens is 2. The Morgan fingerprint density at radius 1 is 1.00 bits per heavy atom.